The van der Waals surface area contributed by atoms with Crippen molar-refractivity contribution in [3.63, 3.8) is 0 Å². The van der Waals surface area contributed by atoms with E-state index in [1.165, 1.54) is 18.2 Å². The van der Waals surface area contributed by atoms with Gasteiger partial charge in [0.2, 0.25) is 5.91 Å². The fraction of sp³-hybridized carbons (Fsp3) is 0.300. The molecule has 7 heteroatoms. The second-order valence-corrected chi connectivity index (χ2v) is 6.61. The largest absolute Gasteiger partial charge is 0.478 e. The zero-order valence-electron chi connectivity index (χ0n) is 14.7. The van der Waals surface area contributed by atoms with Gasteiger partial charge >= 0.3 is 5.97 Å². The molecule has 3 rings (SSSR count). The van der Waals surface area contributed by atoms with Gasteiger partial charge in [0, 0.05) is 30.5 Å². The number of carboxylic acid groups (broad SMARTS) is 1. The summed E-state index contributed by atoms with van der Waals surface area (Å²) in [5, 5.41) is 11.9. The maximum atomic E-state index is 14.5. The number of nitrogens with one attached hydrogen (secondary N) is 1. The number of aromatic carboxylic acids is 1. The minimum atomic E-state index is -1.19. The van der Waals surface area contributed by atoms with Gasteiger partial charge in [-0.05, 0) is 49.6 Å². The lowest BCUT2D eigenvalue weighted by Gasteiger charge is -2.36. The molecule has 0 radical (unpaired) electrons. The van der Waals surface area contributed by atoms with Crippen molar-refractivity contribution in [3.05, 3.63) is 64.7 Å². The molecule has 1 fully saturated rings. The van der Waals surface area contributed by atoms with Crippen molar-refractivity contribution in [3.8, 4) is 0 Å². The second-order valence-electron chi connectivity index (χ2n) is 6.61. The Morgan fingerprint density at radius 2 is 1.81 bits per heavy atom. The maximum absolute atomic E-state index is 14.5. The number of carbonyl (C=O) groups is 2. The molecule has 0 saturated carbocycles. The highest BCUT2D eigenvalue weighted by molar-refractivity contribution is 6.00. The van der Waals surface area contributed by atoms with Gasteiger partial charge < -0.3 is 15.2 Å². The van der Waals surface area contributed by atoms with E-state index in [9.17, 15) is 18.4 Å². The normalized spacial score (nSPS) is 16.0. The van der Waals surface area contributed by atoms with E-state index >= 15 is 0 Å². The van der Waals surface area contributed by atoms with Crippen LogP contribution in [0.2, 0.25) is 0 Å². The summed E-state index contributed by atoms with van der Waals surface area (Å²) in [5.74, 6) is -2.97. The monoisotopic (exact) mass is 375 g/mol. The lowest BCUT2D eigenvalue weighted by molar-refractivity contribution is -0.125. The number of benzene rings is 2. The van der Waals surface area contributed by atoms with Gasteiger partial charge in [0.15, 0.2) is 0 Å². The van der Waals surface area contributed by atoms with Crippen molar-refractivity contribution in [1.82, 2.24) is 0 Å². The molecule has 0 aliphatic carbocycles. The Labute approximate surface area is 155 Å². The second kappa shape index (κ2) is 7.44. The van der Waals surface area contributed by atoms with Crippen LogP contribution in [0.3, 0.4) is 0 Å². The number of hydrogen-bond acceptors (Lipinski definition) is 3. The quantitative estimate of drug-likeness (QED) is 0.855. The first kappa shape index (κ1) is 19.0. The molecule has 2 N–H and O–H groups in total. The molecule has 2 aromatic carbocycles. The summed E-state index contributed by atoms with van der Waals surface area (Å²) in [5.41, 5.74) is -0.0119. The smallest absolute Gasteiger partial charge is 0.335 e. The Morgan fingerprint density at radius 3 is 2.41 bits per heavy atom. The van der Waals surface area contributed by atoms with E-state index in [0.717, 1.165) is 12.1 Å². The predicted molar refractivity (Wildman–Crippen MR) is 94.9 cm³/mol. The minimum absolute atomic E-state index is 0.128. The third kappa shape index (κ3) is 3.68. The molecular formula is C20H19F2NO4. The zero-order chi connectivity index (χ0) is 19.6. The number of aryl methyl sites for hydroxylation is 1. The van der Waals surface area contributed by atoms with Crippen LogP contribution >= 0.6 is 0 Å². The summed E-state index contributed by atoms with van der Waals surface area (Å²) < 4.78 is 33.1. The standard InChI is InChI=1S/C20H19F2NO4/c1-12-10-14(3-4-15(12)18(24)25)23-19(26)20(6-8-27-9-7-20)16-5-2-13(21)11-17(16)22/h2-5,10-11H,6-9H2,1H3,(H,23,26)(H,24,25). The molecule has 0 atom stereocenters. The van der Waals surface area contributed by atoms with Gasteiger partial charge in [-0.25, -0.2) is 13.6 Å². The number of rotatable bonds is 4. The van der Waals surface area contributed by atoms with E-state index in [2.05, 4.69) is 5.32 Å². The molecule has 1 amide bonds. The van der Waals surface area contributed by atoms with Crippen LogP contribution in [0.4, 0.5) is 14.5 Å². The van der Waals surface area contributed by atoms with Crippen LogP contribution in [0.5, 0.6) is 0 Å². The van der Waals surface area contributed by atoms with Crippen molar-refractivity contribution in [2.75, 3.05) is 18.5 Å². The molecule has 1 heterocycles. The molecule has 1 aliphatic heterocycles. The molecule has 0 bridgehead atoms. The van der Waals surface area contributed by atoms with E-state index in [0.29, 0.717) is 11.3 Å². The first-order valence-electron chi connectivity index (χ1n) is 8.52. The van der Waals surface area contributed by atoms with Crippen molar-refractivity contribution in [2.24, 2.45) is 0 Å². The van der Waals surface area contributed by atoms with Gasteiger partial charge in [-0.3, -0.25) is 4.79 Å². The van der Waals surface area contributed by atoms with E-state index < -0.39 is 28.9 Å². The average Bonchev–Trinajstić information content (AvgIpc) is 2.62. The van der Waals surface area contributed by atoms with E-state index in [4.69, 9.17) is 9.84 Å². The summed E-state index contributed by atoms with van der Waals surface area (Å²) >= 11 is 0. The Kier molecular flexibility index (Phi) is 5.23. The molecule has 1 aliphatic rings. The third-order valence-corrected chi connectivity index (χ3v) is 4.94. The number of anilines is 1. The zero-order valence-corrected chi connectivity index (χ0v) is 14.7. The van der Waals surface area contributed by atoms with Crippen LogP contribution < -0.4 is 5.32 Å². The van der Waals surface area contributed by atoms with Gasteiger partial charge in [-0.15, -0.1) is 0 Å². The number of halogens is 2. The van der Waals surface area contributed by atoms with Crippen LogP contribution in [-0.2, 0) is 14.9 Å². The Morgan fingerprint density at radius 1 is 1.11 bits per heavy atom. The topological polar surface area (TPSA) is 75.6 Å². The summed E-state index contributed by atoms with van der Waals surface area (Å²) in [6, 6.07) is 7.65. The molecule has 142 valence electrons. The predicted octanol–water partition coefficient (Wildman–Crippen LogP) is 3.66. The number of carboxylic acids is 1. The van der Waals surface area contributed by atoms with Gasteiger partial charge in [-0.1, -0.05) is 6.07 Å². The van der Waals surface area contributed by atoms with Crippen molar-refractivity contribution in [1.29, 1.82) is 0 Å². The molecule has 27 heavy (non-hydrogen) atoms. The third-order valence-electron chi connectivity index (χ3n) is 4.94. The number of amides is 1. The maximum Gasteiger partial charge on any atom is 0.335 e. The molecule has 2 aromatic rings. The van der Waals surface area contributed by atoms with Crippen molar-refractivity contribution >= 4 is 17.6 Å². The van der Waals surface area contributed by atoms with Crippen LogP contribution in [0, 0.1) is 18.6 Å². The summed E-state index contributed by atoms with van der Waals surface area (Å²) in [7, 11) is 0. The van der Waals surface area contributed by atoms with Crippen LogP contribution in [0.1, 0.15) is 34.3 Å². The molecule has 1 saturated heterocycles. The number of carbonyl (C=O) groups excluding carboxylic acids is 1. The minimum Gasteiger partial charge on any atom is -0.478 e. The summed E-state index contributed by atoms with van der Waals surface area (Å²) in [4.78, 5) is 24.2. The van der Waals surface area contributed by atoms with Gasteiger partial charge in [0.25, 0.3) is 0 Å². The van der Waals surface area contributed by atoms with Crippen LogP contribution in [0.15, 0.2) is 36.4 Å². The van der Waals surface area contributed by atoms with Crippen LogP contribution in [0.25, 0.3) is 0 Å². The van der Waals surface area contributed by atoms with E-state index in [-0.39, 0.29) is 37.2 Å². The van der Waals surface area contributed by atoms with Crippen molar-refractivity contribution < 1.29 is 28.2 Å². The Bertz CT molecular complexity index is 892. The van der Waals surface area contributed by atoms with Gasteiger partial charge in [0.1, 0.15) is 11.6 Å². The summed E-state index contributed by atoms with van der Waals surface area (Å²) in [6.45, 7) is 2.19. The highest BCUT2D eigenvalue weighted by atomic mass is 19.1. The van der Waals surface area contributed by atoms with E-state index in [1.807, 2.05) is 0 Å². The Hall–Kier alpha value is -2.80. The Balaban J connectivity index is 1.95. The van der Waals surface area contributed by atoms with Gasteiger partial charge in [-0.2, -0.15) is 0 Å². The van der Waals surface area contributed by atoms with E-state index in [1.54, 1.807) is 13.0 Å². The molecule has 5 nitrogen and oxygen atoms in total. The van der Waals surface area contributed by atoms with Crippen molar-refractivity contribution in [2.45, 2.75) is 25.2 Å². The lowest BCUT2D eigenvalue weighted by Crippen LogP contribution is -2.45. The molecule has 0 aromatic heterocycles. The lowest BCUT2D eigenvalue weighted by atomic mass is 9.73. The molecule has 0 unspecified atom stereocenters. The molecular weight excluding hydrogens is 356 g/mol. The van der Waals surface area contributed by atoms with Gasteiger partial charge in [0.05, 0.1) is 11.0 Å². The fourth-order valence-corrected chi connectivity index (χ4v) is 3.45. The average molecular weight is 375 g/mol. The number of ether oxygens (including phenoxy) is 1. The first-order chi connectivity index (χ1) is 12.8. The fourth-order valence-electron chi connectivity index (χ4n) is 3.45. The van der Waals surface area contributed by atoms with Crippen LogP contribution in [-0.4, -0.2) is 30.2 Å². The SMILES string of the molecule is Cc1cc(NC(=O)C2(c3ccc(F)cc3F)CCOCC2)ccc1C(=O)O. The molecule has 0 spiro atoms. The highest BCUT2D eigenvalue weighted by Gasteiger charge is 2.43. The summed E-state index contributed by atoms with van der Waals surface area (Å²) in [6.07, 6.45) is 0.515. The first-order valence-corrected chi connectivity index (χ1v) is 8.52. The highest BCUT2D eigenvalue weighted by Crippen LogP contribution is 2.38. The number of hydrogen-bond donors (Lipinski definition) is 2.